The molecule has 4 atom stereocenters. The van der Waals surface area contributed by atoms with Crippen LogP contribution in [0.3, 0.4) is 0 Å². The summed E-state index contributed by atoms with van der Waals surface area (Å²) in [6, 6.07) is 17.8. The van der Waals surface area contributed by atoms with Crippen molar-refractivity contribution in [1.82, 2.24) is 35.4 Å². The van der Waals surface area contributed by atoms with Crippen LogP contribution in [0.25, 0.3) is 43.2 Å². The zero-order valence-corrected chi connectivity index (χ0v) is 46.9. The number of aliphatic hydroxyl groups excluding tert-OH is 1. The predicted molar refractivity (Wildman–Crippen MR) is 301 cm³/mol. The van der Waals surface area contributed by atoms with E-state index in [1.807, 2.05) is 98.5 Å². The largest absolute Gasteiger partial charge is 0.508 e. The Morgan fingerprint density at radius 2 is 1.53 bits per heavy atom. The molecule has 0 spiro atoms. The number of carbonyl (C=O) groups excluding carboxylic acids is 4. The van der Waals surface area contributed by atoms with Gasteiger partial charge in [0.2, 0.25) is 23.6 Å². The maximum absolute atomic E-state index is 16.3. The molecule has 2 aromatic heterocycles. The van der Waals surface area contributed by atoms with Gasteiger partial charge in [-0.05, 0) is 77.8 Å². The summed E-state index contributed by atoms with van der Waals surface area (Å²) in [6.45, 7) is 13.2. The number of aliphatic hydroxyl groups is 1. The Balaban J connectivity index is 0.659. The van der Waals surface area contributed by atoms with E-state index in [1.54, 1.807) is 23.5 Å². The topological polar surface area (TPSA) is 218 Å². The number of ether oxygens (including phenoxy) is 4. The first kappa shape index (κ1) is 58.8. The number of amides is 4. The summed E-state index contributed by atoms with van der Waals surface area (Å²) in [6.07, 6.45) is 2.31. The highest BCUT2D eigenvalue weighted by Gasteiger charge is 2.45. The Bertz CT molecular complexity index is 3080. The van der Waals surface area contributed by atoms with Gasteiger partial charge in [-0.25, -0.2) is 19.3 Å². The number of β-amino-alcohol motifs (C(OH)–C–C–N with tert-alkyl or cyclic N) is 1. The normalized spacial score (nSPS) is 16.6. The number of nitrogens with zero attached hydrogens (tertiary/aromatic N) is 6. The average molecular weight is 1130 g/mol. The van der Waals surface area contributed by atoms with Crippen LogP contribution in [-0.2, 0) is 38.1 Å². The number of fused-ring (bicyclic) bond motifs is 2. The van der Waals surface area contributed by atoms with Crippen LogP contribution in [0.4, 0.5) is 10.2 Å². The predicted octanol–water partition coefficient (Wildman–Crippen LogP) is 7.64. The standard InChI is InChI=1S/C58H70ClFN8O10S/c1-36(38-13-15-39(16-14-38)53-37(2)63-35-79-53)64-56(73)47-30-42(70)32-68(47)57(74)54(58(3,4)5)65-48(71)33-78-27-26-77-25-24-76-23-22-75-21-9-8-12-49(72)66-17-19-67(20-18-66)55-45-31-46(59)50(51(60)52(45)61-34-62-55)44-29-41(69)28-40-10-6-7-11-43(40)44/h6-7,10-11,13-16,28-29,31,34-36,42,47,54,69-70H,8-9,12,17-27,30,32-33H2,1-5H3,(H,64,73)(H,65,71)/t36-,42+,47-,54+/m0/s1. The number of phenolic OH excluding ortho intramolecular Hbond substituents is 1. The van der Waals surface area contributed by atoms with Crippen molar-refractivity contribution < 1.29 is 52.7 Å². The molecule has 4 heterocycles. The molecular formula is C58H70ClFN8O10S. The van der Waals surface area contributed by atoms with E-state index in [-0.39, 0.29) is 72.5 Å². The van der Waals surface area contributed by atoms with E-state index in [9.17, 15) is 29.4 Å². The van der Waals surface area contributed by atoms with Crippen LogP contribution in [0.2, 0.25) is 5.02 Å². The Morgan fingerprint density at radius 3 is 2.22 bits per heavy atom. The minimum atomic E-state index is -0.986. The number of unbranched alkanes of at least 4 members (excludes halogenated alkanes) is 1. The van der Waals surface area contributed by atoms with Gasteiger partial charge in [-0.2, -0.15) is 0 Å². The minimum Gasteiger partial charge on any atom is -0.508 e. The van der Waals surface area contributed by atoms with E-state index in [1.165, 1.54) is 17.3 Å². The molecule has 422 valence electrons. The monoisotopic (exact) mass is 1120 g/mol. The Hall–Kier alpha value is -6.39. The third-order valence-electron chi connectivity index (χ3n) is 14.2. The lowest BCUT2D eigenvalue weighted by molar-refractivity contribution is -0.144. The molecule has 0 aliphatic carbocycles. The van der Waals surface area contributed by atoms with Gasteiger partial charge in [0.15, 0.2) is 5.82 Å². The fourth-order valence-electron chi connectivity index (χ4n) is 9.97. The van der Waals surface area contributed by atoms with Crippen molar-refractivity contribution in [3.8, 4) is 27.3 Å². The lowest BCUT2D eigenvalue weighted by Crippen LogP contribution is -2.58. The maximum Gasteiger partial charge on any atom is 0.246 e. The average Bonchev–Trinajstić information content (AvgIpc) is 4.10. The van der Waals surface area contributed by atoms with Gasteiger partial charge < -0.3 is 54.5 Å². The van der Waals surface area contributed by atoms with E-state index in [2.05, 4.69) is 25.6 Å². The molecule has 2 aliphatic rings. The number of thiazole rings is 1. The molecule has 2 aliphatic heterocycles. The third-order valence-corrected chi connectivity index (χ3v) is 15.5. The second kappa shape index (κ2) is 27.2. The fourth-order valence-corrected chi connectivity index (χ4v) is 11.1. The molecule has 79 heavy (non-hydrogen) atoms. The quantitative estimate of drug-likeness (QED) is 0.0429. The first-order valence-electron chi connectivity index (χ1n) is 26.8. The summed E-state index contributed by atoms with van der Waals surface area (Å²) < 4.78 is 38.8. The number of rotatable bonds is 24. The van der Waals surface area contributed by atoms with Crippen LogP contribution in [-0.4, -0.2) is 162 Å². The van der Waals surface area contributed by atoms with E-state index >= 15 is 4.39 Å². The Labute approximate surface area is 468 Å². The Kier molecular flexibility index (Phi) is 20.2. The molecule has 4 N–H and O–H groups in total. The van der Waals surface area contributed by atoms with E-state index in [4.69, 9.17) is 30.5 Å². The van der Waals surface area contributed by atoms with Crippen molar-refractivity contribution >= 4 is 74.1 Å². The van der Waals surface area contributed by atoms with Crippen LogP contribution in [0.1, 0.15) is 70.7 Å². The lowest BCUT2D eigenvalue weighted by atomic mass is 9.85. The third kappa shape index (κ3) is 14.9. The van der Waals surface area contributed by atoms with E-state index in [0.717, 1.165) is 32.5 Å². The SMILES string of the molecule is Cc1ncsc1-c1ccc([C@H](C)NC(=O)[C@@H]2C[C@@H](O)CN2C(=O)[C@@H](NC(=O)COCCOCCOCCOCCCCC(=O)N2CCN(c3ncnc4c(F)c(-c5cc(O)cc6ccccc56)c(Cl)cc34)CC2)C(C)(C)C)cc1. The van der Waals surface area contributed by atoms with Crippen molar-refractivity contribution in [2.24, 2.45) is 5.41 Å². The van der Waals surface area contributed by atoms with Gasteiger partial charge in [-0.1, -0.05) is 80.9 Å². The molecule has 0 unspecified atom stereocenters. The number of phenols is 1. The van der Waals surface area contributed by atoms with E-state index < -0.39 is 41.2 Å². The maximum atomic E-state index is 16.3. The molecule has 18 nitrogen and oxygen atoms in total. The summed E-state index contributed by atoms with van der Waals surface area (Å²) in [5.74, 6) is -1.34. The summed E-state index contributed by atoms with van der Waals surface area (Å²) in [7, 11) is 0. The number of halogens is 2. The lowest BCUT2D eigenvalue weighted by Gasteiger charge is -2.36. The molecule has 6 aromatic rings. The molecule has 2 fully saturated rings. The molecule has 8 rings (SSSR count). The van der Waals surface area contributed by atoms with Gasteiger partial charge in [0.05, 0.1) is 72.9 Å². The summed E-state index contributed by atoms with van der Waals surface area (Å²) in [4.78, 5) is 73.2. The zero-order chi connectivity index (χ0) is 56.2. The number of aryl methyl sites for hydroxylation is 1. The fraction of sp³-hybridized carbons (Fsp3) is 0.466. The van der Waals surface area contributed by atoms with Crippen LogP contribution in [0.15, 0.2) is 78.6 Å². The molecule has 0 saturated carbocycles. The van der Waals surface area contributed by atoms with Crippen LogP contribution in [0.5, 0.6) is 5.75 Å². The molecule has 0 radical (unpaired) electrons. The highest BCUT2D eigenvalue weighted by atomic mass is 35.5. The number of likely N-dealkylation sites (tertiary alicyclic amines) is 1. The smallest absolute Gasteiger partial charge is 0.246 e. The first-order chi connectivity index (χ1) is 38.0. The highest BCUT2D eigenvalue weighted by Crippen LogP contribution is 2.42. The van der Waals surface area contributed by atoms with Gasteiger partial charge >= 0.3 is 0 Å². The summed E-state index contributed by atoms with van der Waals surface area (Å²) in [5.41, 5.74) is 4.71. The molecular weight excluding hydrogens is 1060 g/mol. The number of aromatic nitrogens is 3. The van der Waals surface area contributed by atoms with Gasteiger partial charge in [-0.15, -0.1) is 11.3 Å². The van der Waals surface area contributed by atoms with Crippen molar-refractivity contribution in [1.29, 1.82) is 0 Å². The van der Waals surface area contributed by atoms with Crippen LogP contribution in [0, 0.1) is 18.2 Å². The summed E-state index contributed by atoms with van der Waals surface area (Å²) >= 11 is 8.35. The first-order valence-corrected chi connectivity index (χ1v) is 28.0. The van der Waals surface area contributed by atoms with E-state index in [0.29, 0.717) is 95.2 Å². The van der Waals surface area contributed by atoms with Crippen molar-refractivity contribution in [2.45, 2.75) is 84.5 Å². The molecule has 21 heteroatoms. The van der Waals surface area contributed by atoms with Gasteiger partial charge in [0.25, 0.3) is 0 Å². The number of nitrogens with one attached hydrogen (secondary N) is 2. The van der Waals surface area contributed by atoms with Gasteiger partial charge in [0.1, 0.15) is 42.1 Å². The number of carbonyl (C=O) groups is 4. The highest BCUT2D eigenvalue weighted by molar-refractivity contribution is 7.13. The van der Waals surface area contributed by atoms with Crippen LogP contribution < -0.4 is 15.5 Å². The minimum absolute atomic E-state index is 0.00149. The number of hydrogen-bond donors (Lipinski definition) is 4. The number of piperazine rings is 1. The van der Waals surface area contributed by atoms with Gasteiger partial charge in [-0.3, -0.25) is 19.2 Å². The second-order valence-corrected chi connectivity index (χ2v) is 22.2. The van der Waals surface area contributed by atoms with Gasteiger partial charge in [0, 0.05) is 63.1 Å². The van der Waals surface area contributed by atoms with Crippen LogP contribution >= 0.6 is 22.9 Å². The molecule has 4 aromatic carbocycles. The number of anilines is 1. The molecule has 4 amide bonds. The second-order valence-electron chi connectivity index (χ2n) is 21.0. The number of benzene rings is 4. The Morgan fingerprint density at radius 1 is 0.848 bits per heavy atom. The number of aromatic hydroxyl groups is 1. The number of hydrogen-bond acceptors (Lipinski definition) is 15. The molecule has 2 saturated heterocycles. The van der Waals surface area contributed by atoms with Crippen molar-refractivity contribution in [2.75, 3.05) is 90.5 Å². The van der Waals surface area contributed by atoms with Crippen molar-refractivity contribution in [3.63, 3.8) is 0 Å². The molecule has 0 bridgehead atoms. The zero-order valence-electron chi connectivity index (χ0n) is 45.3. The van der Waals surface area contributed by atoms with Crippen molar-refractivity contribution in [3.05, 3.63) is 101 Å². The summed E-state index contributed by atoms with van der Waals surface area (Å²) in [5, 5.41) is 29.0.